The van der Waals surface area contributed by atoms with Crippen LogP contribution in [0.15, 0.2) is 39.8 Å². The number of benzene rings is 1. The van der Waals surface area contributed by atoms with E-state index in [4.69, 9.17) is 10.5 Å². The second-order valence-corrected chi connectivity index (χ2v) is 11.2. The topological polar surface area (TPSA) is 89.6 Å². The maximum Gasteiger partial charge on any atom is 0.292 e. The maximum atomic E-state index is 14.9. The molecule has 1 aliphatic carbocycles. The third-order valence-electron chi connectivity index (χ3n) is 5.65. The monoisotopic (exact) mass is 494 g/mol. The van der Waals surface area contributed by atoms with E-state index in [0.29, 0.717) is 17.5 Å². The molecule has 2 heterocycles. The molecule has 3 N–H and O–H groups in total. The number of aromatic nitrogens is 1. The smallest absolute Gasteiger partial charge is 0.292 e. The van der Waals surface area contributed by atoms with Crippen LogP contribution in [-0.2, 0) is 4.74 Å². The van der Waals surface area contributed by atoms with Gasteiger partial charge in [0.25, 0.3) is 17.7 Å². The predicted octanol–water partition coefficient (Wildman–Crippen LogP) is 4.80. The number of nitrogens with one attached hydrogen (secondary N) is 1. The Labute approximate surface area is 195 Å². The van der Waals surface area contributed by atoms with Crippen LogP contribution in [0.3, 0.4) is 0 Å². The Morgan fingerprint density at radius 3 is 2.62 bits per heavy atom. The Hall–Kier alpha value is -3.26. The lowest BCUT2D eigenvalue weighted by Gasteiger charge is -2.45. The zero-order chi connectivity index (χ0) is 24.6. The third-order valence-corrected chi connectivity index (χ3v) is 9.19. The van der Waals surface area contributed by atoms with Gasteiger partial charge in [-0.2, -0.15) is 13.2 Å². The average molecular weight is 495 g/mol. The van der Waals surface area contributed by atoms with Gasteiger partial charge in [-0.25, -0.2) is 13.8 Å². The quantitative estimate of drug-likeness (QED) is 0.472. The zero-order valence-corrected chi connectivity index (χ0v) is 19.1. The normalized spacial score (nSPS) is 25.9. The summed E-state index contributed by atoms with van der Waals surface area (Å²) >= 11 is 0. The van der Waals surface area contributed by atoms with Crippen molar-refractivity contribution in [3.05, 3.63) is 53.4 Å². The summed E-state index contributed by atoms with van der Waals surface area (Å²) in [5.74, 6) is -0.299. The minimum atomic E-state index is -3.65. The first-order valence-electron chi connectivity index (χ1n) is 10.5. The van der Waals surface area contributed by atoms with Gasteiger partial charge in [-0.15, -0.1) is 0 Å². The van der Waals surface area contributed by atoms with Gasteiger partial charge in [-0.1, -0.05) is 11.8 Å². The van der Waals surface area contributed by atoms with Crippen molar-refractivity contribution < 1.29 is 27.1 Å². The molecule has 2 aliphatic rings. The standard InChI is InChI=1S/C23H22F4N4O2S/c1-12-13(2)34(22(26)27,31-23(28)33-12)19-10-16(9-17(24)20(19)25)30-21(32)18-8-7-15(11-29-18)6-5-14-3-4-14/h7-14,22H,3-4H2,1-2H3,(H2,28,31)(H,30,32)/t12-,13+/m1/s1. The number of nitrogens with two attached hydrogens (primary N) is 1. The number of amides is 1. The number of ether oxygens (including phenoxy) is 1. The Morgan fingerprint density at radius 1 is 1.26 bits per heavy atom. The van der Waals surface area contributed by atoms with Crippen molar-refractivity contribution in [2.75, 3.05) is 5.32 Å². The molecule has 1 unspecified atom stereocenters. The number of anilines is 1. The largest absolute Gasteiger partial charge is 0.461 e. The summed E-state index contributed by atoms with van der Waals surface area (Å²) in [6.45, 7) is 2.92. The summed E-state index contributed by atoms with van der Waals surface area (Å²) in [4.78, 5) is 16.0. The molecule has 1 aromatic heterocycles. The van der Waals surface area contributed by atoms with Crippen LogP contribution >= 0.6 is 10.2 Å². The number of alkyl halides is 2. The Kier molecular flexibility index (Phi) is 6.45. The first kappa shape index (κ1) is 23.9. The number of hydrogen-bond donors (Lipinski definition) is 2. The van der Waals surface area contributed by atoms with Crippen LogP contribution < -0.4 is 11.1 Å². The van der Waals surface area contributed by atoms with Crippen molar-refractivity contribution in [2.45, 2.75) is 48.7 Å². The molecule has 0 spiro atoms. The molecule has 0 bridgehead atoms. The zero-order valence-electron chi connectivity index (χ0n) is 18.3. The molecular weight excluding hydrogens is 472 g/mol. The predicted molar refractivity (Wildman–Crippen MR) is 122 cm³/mol. The van der Waals surface area contributed by atoms with Gasteiger partial charge in [-0.3, -0.25) is 4.79 Å². The summed E-state index contributed by atoms with van der Waals surface area (Å²) in [5, 5.41) is 1.41. The van der Waals surface area contributed by atoms with Gasteiger partial charge in [0.15, 0.2) is 11.6 Å². The van der Waals surface area contributed by atoms with Crippen molar-refractivity contribution in [3.63, 3.8) is 0 Å². The number of pyridine rings is 1. The Morgan fingerprint density at radius 2 is 2.00 bits per heavy atom. The molecule has 1 fully saturated rings. The van der Waals surface area contributed by atoms with Gasteiger partial charge in [0.1, 0.15) is 11.8 Å². The molecule has 180 valence electrons. The van der Waals surface area contributed by atoms with Crippen LogP contribution in [0.5, 0.6) is 0 Å². The summed E-state index contributed by atoms with van der Waals surface area (Å²) in [7, 11) is -3.65. The molecule has 34 heavy (non-hydrogen) atoms. The molecule has 6 nitrogen and oxygen atoms in total. The van der Waals surface area contributed by atoms with E-state index in [1.165, 1.54) is 26.1 Å². The van der Waals surface area contributed by atoms with Crippen LogP contribution in [0.4, 0.5) is 23.2 Å². The molecular formula is C23H22F4N4O2S. The summed E-state index contributed by atoms with van der Waals surface area (Å²) in [6.07, 6.45) is 2.77. The molecule has 1 aliphatic heterocycles. The molecule has 0 radical (unpaired) electrons. The molecule has 4 rings (SSSR count). The highest BCUT2D eigenvalue weighted by Crippen LogP contribution is 2.68. The van der Waals surface area contributed by atoms with Crippen LogP contribution in [0.2, 0.25) is 0 Å². The van der Waals surface area contributed by atoms with E-state index < -0.39 is 55.8 Å². The lowest BCUT2D eigenvalue weighted by Crippen LogP contribution is -2.41. The average Bonchev–Trinajstić information content (AvgIpc) is 3.62. The summed E-state index contributed by atoms with van der Waals surface area (Å²) < 4.78 is 67.2. The first-order valence-corrected chi connectivity index (χ1v) is 12.2. The molecule has 1 amide bonds. The second kappa shape index (κ2) is 9.18. The fraction of sp³-hybridized carbons (Fsp3) is 0.348. The number of halogens is 4. The van der Waals surface area contributed by atoms with E-state index in [2.05, 4.69) is 26.5 Å². The highest BCUT2D eigenvalue weighted by atomic mass is 32.3. The second-order valence-electron chi connectivity index (χ2n) is 8.09. The van der Waals surface area contributed by atoms with E-state index in [0.717, 1.165) is 18.9 Å². The van der Waals surface area contributed by atoms with Crippen LogP contribution in [-0.4, -0.2) is 34.0 Å². The van der Waals surface area contributed by atoms with Gasteiger partial charge < -0.3 is 15.8 Å². The van der Waals surface area contributed by atoms with Crippen molar-refractivity contribution in [2.24, 2.45) is 16.0 Å². The molecule has 2 aromatic rings. The van der Waals surface area contributed by atoms with E-state index >= 15 is 0 Å². The highest BCUT2D eigenvalue weighted by Gasteiger charge is 2.49. The highest BCUT2D eigenvalue weighted by molar-refractivity contribution is 8.33. The Balaban J connectivity index is 1.66. The number of hydrogen-bond acceptors (Lipinski definition) is 5. The van der Waals surface area contributed by atoms with Crippen molar-refractivity contribution in [3.8, 4) is 11.8 Å². The van der Waals surface area contributed by atoms with E-state index in [1.807, 2.05) is 0 Å². The molecule has 3 atom stereocenters. The van der Waals surface area contributed by atoms with Crippen molar-refractivity contribution >= 4 is 27.8 Å². The lowest BCUT2D eigenvalue weighted by molar-refractivity contribution is 0.102. The summed E-state index contributed by atoms with van der Waals surface area (Å²) in [5.41, 5.74) is 6.00. The van der Waals surface area contributed by atoms with E-state index in [9.17, 15) is 22.4 Å². The fourth-order valence-electron chi connectivity index (χ4n) is 3.46. The number of rotatable bonds is 4. The van der Waals surface area contributed by atoms with Gasteiger partial charge in [0, 0.05) is 29.4 Å². The van der Waals surface area contributed by atoms with Gasteiger partial charge in [-0.05, 0) is 55.1 Å². The number of carbonyl (C=O) groups is 1. The molecule has 11 heteroatoms. The van der Waals surface area contributed by atoms with Crippen LogP contribution in [0.25, 0.3) is 0 Å². The minimum absolute atomic E-state index is 0.00510. The lowest BCUT2D eigenvalue weighted by atomic mass is 10.2. The van der Waals surface area contributed by atoms with E-state index in [1.54, 1.807) is 6.07 Å². The van der Waals surface area contributed by atoms with Gasteiger partial charge >= 0.3 is 0 Å². The minimum Gasteiger partial charge on any atom is -0.461 e. The number of nitrogens with zero attached hydrogens (tertiary/aromatic N) is 2. The first-order chi connectivity index (χ1) is 16.1. The van der Waals surface area contributed by atoms with Gasteiger partial charge in [0.05, 0.1) is 10.1 Å². The van der Waals surface area contributed by atoms with Crippen LogP contribution in [0, 0.1) is 29.4 Å². The SMILES string of the molecule is C[C@H]1OC(N)=NS(c2cc(NC(=O)c3ccc(C#CC4CC4)cn3)cc(F)c2F)(C(F)F)[C@H]1C. The number of carbonyl (C=O) groups excluding carboxylic acids is 1. The fourth-order valence-corrected chi connectivity index (χ4v) is 6.41. The maximum absolute atomic E-state index is 14.9. The van der Waals surface area contributed by atoms with Crippen LogP contribution in [0.1, 0.15) is 42.7 Å². The molecule has 1 saturated carbocycles. The molecule has 0 saturated heterocycles. The Bertz CT molecular complexity index is 1210. The third kappa shape index (κ3) is 4.55. The van der Waals surface area contributed by atoms with Crippen molar-refractivity contribution in [1.82, 2.24) is 4.98 Å². The van der Waals surface area contributed by atoms with Crippen molar-refractivity contribution in [1.29, 1.82) is 0 Å². The summed E-state index contributed by atoms with van der Waals surface area (Å²) in [6, 6.07) is 4.21. The van der Waals surface area contributed by atoms with E-state index in [-0.39, 0.29) is 11.4 Å². The number of amidine groups is 1. The van der Waals surface area contributed by atoms with Gasteiger partial charge in [0.2, 0.25) is 0 Å². The molecule has 1 aromatic carbocycles.